The van der Waals surface area contributed by atoms with Gasteiger partial charge in [-0.15, -0.1) is 0 Å². The molecule has 0 bridgehead atoms. The fourth-order valence-corrected chi connectivity index (χ4v) is 4.03. The summed E-state index contributed by atoms with van der Waals surface area (Å²) in [5, 5.41) is 0. The zero-order valence-corrected chi connectivity index (χ0v) is 17.9. The standard InChI is InChI=1S/C20H20F5NO4S/c1-11-14(22)8-15(19(25)17(11)23)31(28,29)26(10-16(27)30-20(2,3)4)9-12-6-5-7-13(21)18(12)24/h5-8H,9-10H2,1-4H3. The van der Waals surface area contributed by atoms with Crippen molar-refractivity contribution in [2.24, 2.45) is 0 Å². The average molecular weight is 465 g/mol. The van der Waals surface area contributed by atoms with Crippen molar-refractivity contribution in [3.63, 3.8) is 0 Å². The Hall–Kier alpha value is -2.53. The van der Waals surface area contributed by atoms with Gasteiger partial charge in [0, 0.05) is 17.7 Å². The van der Waals surface area contributed by atoms with E-state index in [4.69, 9.17) is 4.74 Å². The molecular weight excluding hydrogens is 445 g/mol. The highest BCUT2D eigenvalue weighted by molar-refractivity contribution is 7.89. The Bertz CT molecular complexity index is 1110. The van der Waals surface area contributed by atoms with Crippen LogP contribution in [0.2, 0.25) is 0 Å². The van der Waals surface area contributed by atoms with Crippen LogP contribution in [0.5, 0.6) is 0 Å². The zero-order chi connectivity index (χ0) is 23.7. The molecule has 0 heterocycles. The molecule has 0 aliphatic rings. The van der Waals surface area contributed by atoms with Crippen LogP contribution in [0.25, 0.3) is 0 Å². The van der Waals surface area contributed by atoms with Crippen molar-refractivity contribution in [3.05, 3.63) is 64.5 Å². The molecule has 0 unspecified atom stereocenters. The summed E-state index contributed by atoms with van der Waals surface area (Å²) in [7, 11) is -5.08. The van der Waals surface area contributed by atoms with Gasteiger partial charge in [-0.05, 0) is 39.8 Å². The van der Waals surface area contributed by atoms with Crippen LogP contribution in [-0.2, 0) is 26.1 Å². The van der Waals surface area contributed by atoms with E-state index in [0.29, 0.717) is 0 Å². The summed E-state index contributed by atoms with van der Waals surface area (Å²) in [6.07, 6.45) is 0. The fraction of sp³-hybridized carbons (Fsp3) is 0.350. The highest BCUT2D eigenvalue weighted by atomic mass is 32.2. The number of esters is 1. The van der Waals surface area contributed by atoms with E-state index in [9.17, 15) is 35.2 Å². The summed E-state index contributed by atoms with van der Waals surface area (Å²) < 4.78 is 101. The third-order valence-electron chi connectivity index (χ3n) is 4.08. The highest BCUT2D eigenvalue weighted by Gasteiger charge is 2.34. The highest BCUT2D eigenvalue weighted by Crippen LogP contribution is 2.27. The third-order valence-corrected chi connectivity index (χ3v) is 5.87. The molecular formula is C20H20F5NO4S. The van der Waals surface area contributed by atoms with E-state index in [0.717, 1.165) is 25.1 Å². The van der Waals surface area contributed by atoms with Crippen LogP contribution in [0.3, 0.4) is 0 Å². The van der Waals surface area contributed by atoms with E-state index < -0.39 is 79.8 Å². The molecule has 0 atom stereocenters. The second-order valence-electron chi connectivity index (χ2n) is 7.68. The molecule has 0 saturated carbocycles. The molecule has 0 aliphatic heterocycles. The lowest BCUT2D eigenvalue weighted by Crippen LogP contribution is -2.39. The minimum atomic E-state index is -5.08. The number of ether oxygens (including phenoxy) is 1. The van der Waals surface area contributed by atoms with Gasteiger partial charge in [-0.2, -0.15) is 4.31 Å². The largest absolute Gasteiger partial charge is 0.459 e. The number of benzene rings is 2. The lowest BCUT2D eigenvalue weighted by molar-refractivity contribution is -0.155. The number of halogens is 5. The smallest absolute Gasteiger partial charge is 0.321 e. The Morgan fingerprint density at radius 1 is 1.00 bits per heavy atom. The second-order valence-corrected chi connectivity index (χ2v) is 9.59. The van der Waals surface area contributed by atoms with Crippen LogP contribution in [0.1, 0.15) is 31.9 Å². The van der Waals surface area contributed by atoms with Crippen molar-refractivity contribution in [3.8, 4) is 0 Å². The minimum Gasteiger partial charge on any atom is -0.459 e. The monoisotopic (exact) mass is 465 g/mol. The number of carbonyl (C=O) groups is 1. The number of rotatable bonds is 6. The molecule has 0 N–H and O–H groups in total. The third kappa shape index (κ3) is 5.59. The molecule has 170 valence electrons. The predicted molar refractivity (Wildman–Crippen MR) is 101 cm³/mol. The van der Waals surface area contributed by atoms with Gasteiger partial charge in [0.1, 0.15) is 22.9 Å². The summed E-state index contributed by atoms with van der Waals surface area (Å²) in [5.41, 5.74) is -2.25. The lowest BCUT2D eigenvalue weighted by Gasteiger charge is -2.25. The lowest BCUT2D eigenvalue weighted by atomic mass is 10.2. The van der Waals surface area contributed by atoms with Gasteiger partial charge in [-0.3, -0.25) is 4.79 Å². The first-order chi connectivity index (χ1) is 14.1. The molecule has 2 aromatic rings. The van der Waals surface area contributed by atoms with Crippen molar-refractivity contribution in [2.45, 2.75) is 44.7 Å². The summed E-state index contributed by atoms with van der Waals surface area (Å²) in [5.74, 6) is -8.71. The first-order valence-corrected chi connectivity index (χ1v) is 10.4. The van der Waals surface area contributed by atoms with Gasteiger partial charge in [-0.1, -0.05) is 12.1 Å². The van der Waals surface area contributed by atoms with Crippen LogP contribution < -0.4 is 0 Å². The van der Waals surface area contributed by atoms with E-state index >= 15 is 0 Å². The topological polar surface area (TPSA) is 63.7 Å². The average Bonchev–Trinajstić information content (AvgIpc) is 2.64. The molecule has 0 aliphatic carbocycles. The van der Waals surface area contributed by atoms with E-state index in [1.54, 1.807) is 0 Å². The molecule has 2 aromatic carbocycles. The predicted octanol–water partition coefficient (Wildman–Crippen LogP) is 4.22. The number of sulfonamides is 1. The number of carbonyl (C=O) groups excluding carboxylic acids is 1. The van der Waals surface area contributed by atoms with E-state index in [2.05, 4.69) is 0 Å². The van der Waals surface area contributed by atoms with Crippen LogP contribution in [-0.4, -0.2) is 30.8 Å². The molecule has 0 aromatic heterocycles. The van der Waals surface area contributed by atoms with Crippen molar-refractivity contribution in [2.75, 3.05) is 6.54 Å². The number of nitrogens with zero attached hydrogens (tertiary/aromatic N) is 1. The van der Waals surface area contributed by atoms with Crippen molar-refractivity contribution >= 4 is 16.0 Å². The Balaban J connectivity index is 2.58. The molecule has 31 heavy (non-hydrogen) atoms. The zero-order valence-electron chi connectivity index (χ0n) is 17.1. The Morgan fingerprint density at radius 3 is 2.19 bits per heavy atom. The number of hydrogen-bond donors (Lipinski definition) is 0. The van der Waals surface area contributed by atoms with Crippen LogP contribution in [0.4, 0.5) is 22.0 Å². The first-order valence-electron chi connectivity index (χ1n) is 8.94. The van der Waals surface area contributed by atoms with Crippen LogP contribution in [0.15, 0.2) is 29.2 Å². The minimum absolute atomic E-state index is 0.256. The van der Waals surface area contributed by atoms with Crippen molar-refractivity contribution < 1.29 is 39.9 Å². The second kappa shape index (κ2) is 8.91. The van der Waals surface area contributed by atoms with E-state index in [1.807, 2.05) is 0 Å². The summed E-state index contributed by atoms with van der Waals surface area (Å²) in [6.45, 7) is 3.43. The maximum absolute atomic E-state index is 14.4. The van der Waals surface area contributed by atoms with Gasteiger partial charge in [0.25, 0.3) is 0 Å². The first kappa shape index (κ1) is 24.7. The fourth-order valence-electron chi connectivity index (χ4n) is 2.60. The summed E-state index contributed by atoms with van der Waals surface area (Å²) in [6, 6.07) is 3.18. The van der Waals surface area contributed by atoms with Gasteiger partial charge >= 0.3 is 5.97 Å². The molecule has 0 radical (unpaired) electrons. The Kier molecular flexibility index (Phi) is 7.11. The molecule has 0 spiro atoms. The molecule has 11 heteroatoms. The Labute approximate surface area is 176 Å². The summed E-state index contributed by atoms with van der Waals surface area (Å²) >= 11 is 0. The van der Waals surface area contributed by atoms with Gasteiger partial charge < -0.3 is 4.74 Å². The SMILES string of the molecule is Cc1c(F)cc(S(=O)(=O)N(CC(=O)OC(C)(C)C)Cc2cccc(F)c2F)c(F)c1F. The van der Waals surface area contributed by atoms with E-state index in [-0.39, 0.29) is 10.4 Å². The van der Waals surface area contributed by atoms with Gasteiger partial charge in [0.15, 0.2) is 23.3 Å². The maximum atomic E-state index is 14.4. The molecule has 2 rings (SSSR count). The van der Waals surface area contributed by atoms with Crippen molar-refractivity contribution in [1.82, 2.24) is 4.31 Å². The summed E-state index contributed by atoms with van der Waals surface area (Å²) in [4.78, 5) is 10.8. The Morgan fingerprint density at radius 2 is 1.61 bits per heavy atom. The van der Waals surface area contributed by atoms with Crippen molar-refractivity contribution in [1.29, 1.82) is 0 Å². The molecule has 0 saturated heterocycles. The maximum Gasteiger partial charge on any atom is 0.321 e. The van der Waals surface area contributed by atoms with Crippen LogP contribution >= 0.6 is 0 Å². The van der Waals surface area contributed by atoms with E-state index in [1.165, 1.54) is 20.8 Å². The van der Waals surface area contributed by atoms with Gasteiger partial charge in [0.05, 0.1) is 0 Å². The van der Waals surface area contributed by atoms with Gasteiger partial charge in [0.2, 0.25) is 10.0 Å². The molecule has 0 amide bonds. The number of hydrogen-bond acceptors (Lipinski definition) is 4. The normalized spacial score (nSPS) is 12.3. The molecule has 0 fully saturated rings. The van der Waals surface area contributed by atoms with Gasteiger partial charge in [-0.25, -0.2) is 30.4 Å². The molecule has 5 nitrogen and oxygen atoms in total. The quantitative estimate of drug-likeness (QED) is 0.364. The van der Waals surface area contributed by atoms with Crippen LogP contribution in [0, 0.1) is 36.0 Å².